The highest BCUT2D eigenvalue weighted by molar-refractivity contribution is 9.11. The average molecular weight is 183 g/mol. The summed E-state index contributed by atoms with van der Waals surface area (Å²) >= 11 is 5.39. The third-order valence-corrected chi connectivity index (χ3v) is 2.45. The van der Waals surface area contributed by atoms with Gasteiger partial charge in [-0.05, 0) is 19.1 Å². The average Bonchev–Trinajstić information content (AvgIpc) is 1.61. The van der Waals surface area contributed by atoms with Gasteiger partial charge in [-0.3, -0.25) is 0 Å². The van der Waals surface area contributed by atoms with Gasteiger partial charge in [0.25, 0.3) is 0 Å². The van der Waals surface area contributed by atoms with Crippen molar-refractivity contribution in [1.29, 1.82) is 0 Å². The lowest BCUT2D eigenvalue weighted by molar-refractivity contribution is 1.10. The Morgan fingerprint density at radius 2 is 2.29 bits per heavy atom. The summed E-state index contributed by atoms with van der Waals surface area (Å²) in [5.74, 6) is 1.27. The van der Waals surface area contributed by atoms with Gasteiger partial charge >= 0.3 is 0 Å². The highest BCUT2D eigenvalue weighted by Crippen LogP contribution is 2.16. The lowest BCUT2D eigenvalue weighted by Gasteiger charge is -1.97. The van der Waals surface area contributed by atoms with E-state index in [9.17, 15) is 0 Å². The molecule has 0 amide bonds. The van der Waals surface area contributed by atoms with Crippen LogP contribution in [0.5, 0.6) is 0 Å². The molecule has 0 aliphatic carbocycles. The molecule has 44 valence electrons. The molecule has 0 fully saturated rings. The SMILES string of the molecule is CCCSC(C)Br. The Kier molecular flexibility index (Phi) is 5.57. The zero-order valence-electron chi connectivity index (χ0n) is 4.78. The maximum absolute atomic E-state index is 3.44. The van der Waals surface area contributed by atoms with E-state index >= 15 is 0 Å². The molecular weight excluding hydrogens is 172 g/mol. The Labute approximate surface area is 58.2 Å². The van der Waals surface area contributed by atoms with Crippen molar-refractivity contribution < 1.29 is 0 Å². The van der Waals surface area contributed by atoms with Crippen molar-refractivity contribution >= 4 is 27.7 Å². The first-order valence-electron chi connectivity index (χ1n) is 2.53. The van der Waals surface area contributed by atoms with Gasteiger partial charge in [-0.25, -0.2) is 0 Å². The maximum atomic E-state index is 3.44. The minimum atomic E-state index is 0.632. The van der Waals surface area contributed by atoms with Crippen molar-refractivity contribution in [1.82, 2.24) is 0 Å². The summed E-state index contributed by atoms with van der Waals surface area (Å²) < 4.78 is 0.632. The van der Waals surface area contributed by atoms with Crippen LogP contribution in [0.2, 0.25) is 0 Å². The van der Waals surface area contributed by atoms with Crippen LogP contribution in [0, 0.1) is 0 Å². The number of rotatable bonds is 3. The van der Waals surface area contributed by atoms with Gasteiger partial charge in [-0.2, -0.15) is 0 Å². The predicted molar refractivity (Wildman–Crippen MR) is 41.1 cm³/mol. The van der Waals surface area contributed by atoms with E-state index in [0.29, 0.717) is 4.16 Å². The summed E-state index contributed by atoms with van der Waals surface area (Å²) in [6.07, 6.45) is 1.28. The first-order chi connectivity index (χ1) is 3.27. The molecule has 1 unspecified atom stereocenters. The van der Waals surface area contributed by atoms with Crippen LogP contribution in [0.25, 0.3) is 0 Å². The molecule has 0 aromatic carbocycles. The monoisotopic (exact) mass is 182 g/mol. The molecule has 0 aromatic heterocycles. The number of hydrogen-bond donors (Lipinski definition) is 0. The van der Waals surface area contributed by atoms with Crippen molar-refractivity contribution in [2.75, 3.05) is 5.75 Å². The van der Waals surface area contributed by atoms with E-state index in [1.54, 1.807) is 0 Å². The first-order valence-corrected chi connectivity index (χ1v) is 4.49. The molecule has 0 aliphatic heterocycles. The Bertz CT molecular complexity index is 37.1. The molecule has 1 atom stereocenters. The standard InChI is InChI=1S/C5H11BrS/c1-3-4-7-5(2)6/h5H,3-4H2,1-2H3. The fourth-order valence-electron chi connectivity index (χ4n) is 0.280. The van der Waals surface area contributed by atoms with Crippen LogP contribution in [0.3, 0.4) is 0 Å². The molecule has 0 saturated carbocycles. The molecule has 0 aromatic rings. The smallest absolute Gasteiger partial charge is 0.0572 e. The van der Waals surface area contributed by atoms with Crippen LogP contribution in [0.15, 0.2) is 0 Å². The second-order valence-corrected chi connectivity index (χ2v) is 4.84. The van der Waals surface area contributed by atoms with Gasteiger partial charge in [0.15, 0.2) is 0 Å². The first kappa shape index (κ1) is 7.83. The zero-order valence-corrected chi connectivity index (χ0v) is 7.18. The third kappa shape index (κ3) is 6.83. The van der Waals surface area contributed by atoms with E-state index in [2.05, 4.69) is 29.8 Å². The predicted octanol–water partition coefficient (Wildman–Crippen LogP) is 2.87. The van der Waals surface area contributed by atoms with Gasteiger partial charge in [0.2, 0.25) is 0 Å². The minimum Gasteiger partial charge on any atom is -0.147 e. The topological polar surface area (TPSA) is 0 Å². The molecular formula is C5H11BrS. The number of hydrogen-bond acceptors (Lipinski definition) is 1. The van der Waals surface area contributed by atoms with Gasteiger partial charge in [0.05, 0.1) is 4.16 Å². The second kappa shape index (κ2) is 4.98. The van der Waals surface area contributed by atoms with Crippen LogP contribution < -0.4 is 0 Å². The van der Waals surface area contributed by atoms with Gasteiger partial charge in [-0.15, -0.1) is 11.8 Å². The summed E-state index contributed by atoms with van der Waals surface area (Å²) in [6.45, 7) is 4.35. The lowest BCUT2D eigenvalue weighted by atomic mass is 10.6. The molecule has 2 heteroatoms. The summed E-state index contributed by atoms with van der Waals surface area (Å²) in [4.78, 5) is 0. The zero-order chi connectivity index (χ0) is 5.70. The molecule has 0 rings (SSSR count). The van der Waals surface area contributed by atoms with E-state index in [1.807, 2.05) is 11.8 Å². The molecule has 0 spiro atoms. The van der Waals surface area contributed by atoms with E-state index in [0.717, 1.165) is 0 Å². The van der Waals surface area contributed by atoms with Crippen LogP contribution in [0.1, 0.15) is 20.3 Å². The highest BCUT2D eigenvalue weighted by atomic mass is 79.9. The van der Waals surface area contributed by atoms with Crippen molar-refractivity contribution in [3.8, 4) is 0 Å². The Hall–Kier alpha value is 0.830. The second-order valence-electron chi connectivity index (χ2n) is 1.41. The van der Waals surface area contributed by atoms with Gasteiger partial charge in [-0.1, -0.05) is 22.9 Å². The largest absolute Gasteiger partial charge is 0.147 e. The van der Waals surface area contributed by atoms with Crippen LogP contribution in [-0.2, 0) is 0 Å². The molecule has 0 heterocycles. The Morgan fingerprint density at radius 3 is 2.43 bits per heavy atom. The van der Waals surface area contributed by atoms with Crippen molar-refractivity contribution in [2.45, 2.75) is 24.4 Å². The molecule has 7 heavy (non-hydrogen) atoms. The highest BCUT2D eigenvalue weighted by Gasteiger charge is 1.90. The normalized spacial score (nSPS) is 14.1. The summed E-state index contributed by atoms with van der Waals surface area (Å²) in [5.41, 5.74) is 0. The number of halogens is 1. The fraction of sp³-hybridized carbons (Fsp3) is 1.00. The van der Waals surface area contributed by atoms with E-state index < -0.39 is 0 Å². The molecule has 0 radical (unpaired) electrons. The van der Waals surface area contributed by atoms with Crippen LogP contribution in [0.4, 0.5) is 0 Å². The van der Waals surface area contributed by atoms with Gasteiger partial charge in [0, 0.05) is 0 Å². The molecule has 0 bridgehead atoms. The Morgan fingerprint density at radius 1 is 1.71 bits per heavy atom. The molecule has 0 saturated heterocycles. The van der Waals surface area contributed by atoms with Crippen LogP contribution in [-0.4, -0.2) is 9.91 Å². The van der Waals surface area contributed by atoms with E-state index in [1.165, 1.54) is 12.2 Å². The van der Waals surface area contributed by atoms with Gasteiger partial charge in [0.1, 0.15) is 0 Å². The summed E-state index contributed by atoms with van der Waals surface area (Å²) in [7, 11) is 0. The quantitative estimate of drug-likeness (QED) is 0.606. The summed E-state index contributed by atoms with van der Waals surface area (Å²) in [6, 6.07) is 0. The molecule has 0 aliphatic rings. The number of alkyl halides is 1. The van der Waals surface area contributed by atoms with Crippen molar-refractivity contribution in [3.63, 3.8) is 0 Å². The lowest BCUT2D eigenvalue weighted by Crippen LogP contribution is -1.81. The van der Waals surface area contributed by atoms with Crippen LogP contribution >= 0.6 is 27.7 Å². The fourth-order valence-corrected chi connectivity index (χ4v) is 1.40. The minimum absolute atomic E-state index is 0.632. The molecule has 0 nitrogen and oxygen atoms in total. The van der Waals surface area contributed by atoms with E-state index in [4.69, 9.17) is 0 Å². The van der Waals surface area contributed by atoms with E-state index in [-0.39, 0.29) is 0 Å². The van der Waals surface area contributed by atoms with Crippen molar-refractivity contribution in [2.24, 2.45) is 0 Å². The third-order valence-electron chi connectivity index (χ3n) is 0.552. The van der Waals surface area contributed by atoms with Crippen molar-refractivity contribution in [3.05, 3.63) is 0 Å². The summed E-state index contributed by atoms with van der Waals surface area (Å²) in [5, 5.41) is 0. The van der Waals surface area contributed by atoms with Gasteiger partial charge < -0.3 is 0 Å². The maximum Gasteiger partial charge on any atom is 0.0572 e. The molecule has 0 N–H and O–H groups in total. The number of thioether (sulfide) groups is 1. The Balaban J connectivity index is 2.68.